The molecule has 0 amide bonds. The Morgan fingerprint density at radius 3 is 2.80 bits per heavy atom. The molecular formula is C25H18N8OS. The summed E-state index contributed by atoms with van der Waals surface area (Å²) in [5.41, 5.74) is 5.44. The number of pyridine rings is 3. The van der Waals surface area contributed by atoms with Gasteiger partial charge in [-0.15, -0.1) is 11.3 Å². The molecule has 0 aliphatic carbocycles. The summed E-state index contributed by atoms with van der Waals surface area (Å²) in [5, 5.41) is 8.05. The number of imidazole rings is 1. The molecule has 170 valence electrons. The first-order chi connectivity index (χ1) is 17.1. The first-order valence-corrected chi connectivity index (χ1v) is 12.0. The molecule has 0 aromatic carbocycles. The highest BCUT2D eigenvalue weighted by molar-refractivity contribution is 7.24. The molecule has 5 aromatic heterocycles. The van der Waals surface area contributed by atoms with Gasteiger partial charge in [-0.25, -0.2) is 19.9 Å². The summed E-state index contributed by atoms with van der Waals surface area (Å²) in [4.78, 5) is 37.6. The standard InChI is InChI=1S/C25H18N8OS/c1-12(2)25(34)33-14-9-13(10-26-11-14)16-3-4-17-21(28-16)22(32-31-17)24-29-20-15(7-8-27-23(20)30-24)18-5-6-19(33)35-18/h3-12,31-32H,1-2H3. The zero-order valence-corrected chi connectivity index (χ0v) is 19.6. The first-order valence-electron chi connectivity index (χ1n) is 11.2. The van der Waals surface area contributed by atoms with Crippen LogP contribution in [0.1, 0.15) is 18.6 Å². The van der Waals surface area contributed by atoms with Gasteiger partial charge in [0.25, 0.3) is 0 Å². The van der Waals surface area contributed by atoms with E-state index in [-0.39, 0.29) is 11.8 Å². The molecule has 7 heterocycles. The number of carbonyl (C=O) groups excluding carboxylic acids is 1. The smallest absolute Gasteiger partial charge is 0.234 e. The van der Waals surface area contributed by atoms with Crippen LogP contribution in [-0.2, 0) is 0 Å². The van der Waals surface area contributed by atoms with Gasteiger partial charge < -0.3 is 0 Å². The van der Waals surface area contributed by atoms with Crippen molar-refractivity contribution in [3.63, 3.8) is 0 Å². The van der Waals surface area contributed by atoms with Crippen LogP contribution in [0.4, 0.5) is 0 Å². The predicted molar refractivity (Wildman–Crippen MR) is 137 cm³/mol. The van der Waals surface area contributed by atoms with Gasteiger partial charge in [0.2, 0.25) is 5.91 Å². The van der Waals surface area contributed by atoms with Crippen LogP contribution in [0.25, 0.3) is 65.1 Å². The third kappa shape index (κ3) is 3.00. The monoisotopic (exact) mass is 478 g/mol. The molecule has 0 unspecified atom stereocenters. The minimum absolute atomic E-state index is 0.0112. The van der Waals surface area contributed by atoms with Crippen molar-refractivity contribution in [3.8, 4) is 11.4 Å². The predicted octanol–water partition coefficient (Wildman–Crippen LogP) is 5.47. The fraction of sp³-hybridized carbons (Fsp3) is 0.120. The lowest BCUT2D eigenvalue weighted by Crippen LogP contribution is -2.17. The molecular weight excluding hydrogens is 460 g/mol. The minimum Gasteiger partial charge on any atom is -0.298 e. The quantitative estimate of drug-likeness (QED) is 0.323. The van der Waals surface area contributed by atoms with Crippen molar-refractivity contribution in [2.45, 2.75) is 13.8 Å². The van der Waals surface area contributed by atoms with E-state index < -0.39 is 0 Å². The third-order valence-electron chi connectivity index (χ3n) is 6.08. The zero-order chi connectivity index (χ0) is 23.7. The average molecular weight is 479 g/mol. The van der Waals surface area contributed by atoms with Crippen LogP contribution in [0.2, 0.25) is 0 Å². The number of H-pyrrole nitrogens is 2. The van der Waals surface area contributed by atoms with Crippen molar-refractivity contribution in [2.75, 3.05) is 0 Å². The summed E-state index contributed by atoms with van der Waals surface area (Å²) in [5.74, 6) is -0.210. The molecule has 2 aliphatic heterocycles. The number of aromatic nitrogens is 8. The van der Waals surface area contributed by atoms with E-state index in [0.717, 1.165) is 31.3 Å². The lowest BCUT2D eigenvalue weighted by atomic mass is 10.2. The summed E-state index contributed by atoms with van der Waals surface area (Å²) in [6, 6.07) is 11.7. The molecule has 0 spiro atoms. The van der Waals surface area contributed by atoms with Crippen molar-refractivity contribution in [1.82, 2.24) is 39.7 Å². The van der Waals surface area contributed by atoms with E-state index in [0.29, 0.717) is 33.7 Å². The fourth-order valence-corrected chi connectivity index (χ4v) is 5.40. The highest BCUT2D eigenvalue weighted by Crippen LogP contribution is 2.31. The molecule has 7 rings (SSSR count). The Labute approximate surface area is 201 Å². The Morgan fingerprint density at radius 1 is 1.00 bits per heavy atom. The van der Waals surface area contributed by atoms with E-state index in [2.05, 4.69) is 20.2 Å². The largest absolute Gasteiger partial charge is 0.298 e. The van der Waals surface area contributed by atoms with Gasteiger partial charge in [0.05, 0.1) is 22.7 Å². The fourth-order valence-electron chi connectivity index (χ4n) is 4.34. The number of nitrogens with zero attached hydrogens (tertiary/aromatic N) is 6. The lowest BCUT2D eigenvalue weighted by Gasteiger charge is -2.10. The van der Waals surface area contributed by atoms with Gasteiger partial charge in [-0.1, -0.05) is 13.8 Å². The van der Waals surface area contributed by atoms with E-state index in [4.69, 9.17) is 15.0 Å². The molecule has 5 aromatic rings. The zero-order valence-electron chi connectivity index (χ0n) is 18.8. The van der Waals surface area contributed by atoms with Gasteiger partial charge in [-0.3, -0.25) is 24.5 Å². The Bertz CT molecular complexity index is 1970. The van der Waals surface area contributed by atoms with Crippen LogP contribution in [-0.4, -0.2) is 45.6 Å². The van der Waals surface area contributed by atoms with Gasteiger partial charge >= 0.3 is 0 Å². The minimum atomic E-state index is -0.199. The second kappa shape index (κ2) is 7.28. The number of carbonyl (C=O) groups is 1. The average Bonchev–Trinajstić information content (AvgIpc) is 3.61. The van der Waals surface area contributed by atoms with E-state index in [1.807, 2.05) is 50.2 Å². The highest BCUT2D eigenvalue weighted by Gasteiger charge is 2.17. The Hall–Kier alpha value is -4.44. The van der Waals surface area contributed by atoms with Gasteiger partial charge in [-0.05, 0) is 36.4 Å². The summed E-state index contributed by atoms with van der Waals surface area (Å²) in [7, 11) is 0. The maximum absolute atomic E-state index is 13.4. The molecule has 35 heavy (non-hydrogen) atoms. The third-order valence-corrected chi connectivity index (χ3v) is 7.19. The number of hydrogen-bond acceptors (Lipinski definition) is 7. The maximum Gasteiger partial charge on any atom is 0.234 e. The molecule has 9 nitrogen and oxygen atoms in total. The maximum atomic E-state index is 13.4. The van der Waals surface area contributed by atoms with Gasteiger partial charge in [0.1, 0.15) is 21.7 Å². The van der Waals surface area contributed by atoms with E-state index in [1.165, 1.54) is 11.3 Å². The number of nitrogens with one attached hydrogen (secondary N) is 2. The molecule has 0 saturated carbocycles. The molecule has 2 N–H and O–H groups in total. The van der Waals surface area contributed by atoms with Crippen molar-refractivity contribution >= 4 is 70.9 Å². The molecule has 0 saturated heterocycles. The molecule has 8 bridgehead atoms. The van der Waals surface area contributed by atoms with E-state index >= 15 is 0 Å². The highest BCUT2D eigenvalue weighted by atomic mass is 32.1. The molecule has 0 radical (unpaired) electrons. The van der Waals surface area contributed by atoms with Crippen LogP contribution in [0.3, 0.4) is 0 Å². The van der Waals surface area contributed by atoms with Gasteiger partial charge in [0, 0.05) is 33.8 Å². The molecule has 10 heteroatoms. The molecule has 0 atom stereocenters. The number of thiophene rings is 1. The van der Waals surface area contributed by atoms with E-state index in [1.54, 1.807) is 23.2 Å². The van der Waals surface area contributed by atoms with Gasteiger partial charge in [-0.2, -0.15) is 0 Å². The molecule has 0 fully saturated rings. The van der Waals surface area contributed by atoms with Crippen molar-refractivity contribution < 1.29 is 4.79 Å². The topological polar surface area (TPSA) is 118 Å². The SMILES string of the molecule is CC(C)C(=O)n1c2cncc(c2)c2ccc3[nH][nH]c(c4nc5nccc(c6ccc1s6)c5n4)-c3n2. The Morgan fingerprint density at radius 2 is 1.91 bits per heavy atom. The Kier molecular flexibility index (Phi) is 4.15. The van der Waals surface area contributed by atoms with Crippen molar-refractivity contribution in [2.24, 2.45) is 5.92 Å². The second-order valence-electron chi connectivity index (χ2n) is 8.69. The second-order valence-corrected chi connectivity index (χ2v) is 9.76. The Balaban J connectivity index is 1.75. The summed E-state index contributed by atoms with van der Waals surface area (Å²) in [6.07, 6.45) is 5.21. The number of hydrogen-bond donors (Lipinski definition) is 2. The summed E-state index contributed by atoms with van der Waals surface area (Å²) < 4.78 is 2.71. The number of fused-ring (bicyclic) bond motifs is 9. The summed E-state index contributed by atoms with van der Waals surface area (Å²) in [6.45, 7) is 3.80. The van der Waals surface area contributed by atoms with Gasteiger partial charge in [0.15, 0.2) is 11.3 Å². The molecule has 2 aliphatic rings. The van der Waals surface area contributed by atoms with Crippen LogP contribution >= 0.6 is 11.3 Å². The van der Waals surface area contributed by atoms with Crippen LogP contribution in [0.5, 0.6) is 0 Å². The van der Waals surface area contributed by atoms with Crippen molar-refractivity contribution in [1.29, 1.82) is 0 Å². The van der Waals surface area contributed by atoms with Crippen LogP contribution in [0, 0.1) is 5.92 Å². The van der Waals surface area contributed by atoms with Crippen LogP contribution in [0.15, 0.2) is 55.0 Å². The van der Waals surface area contributed by atoms with Crippen molar-refractivity contribution in [3.05, 3.63) is 55.0 Å². The van der Waals surface area contributed by atoms with Crippen LogP contribution < -0.4 is 0 Å². The summed E-state index contributed by atoms with van der Waals surface area (Å²) >= 11 is 1.52. The number of aromatic amines is 2. The number of rotatable bonds is 1. The lowest BCUT2D eigenvalue weighted by molar-refractivity contribution is 0.0865. The normalized spacial score (nSPS) is 12.1. The first kappa shape index (κ1) is 20.0. The van der Waals surface area contributed by atoms with E-state index in [9.17, 15) is 4.79 Å².